The van der Waals surface area contributed by atoms with Crippen LogP contribution in [0.25, 0.3) is 0 Å². The average Bonchev–Trinajstić information content (AvgIpc) is 2.86. The van der Waals surface area contributed by atoms with Crippen LogP contribution in [0, 0.1) is 17.8 Å². The number of rotatable bonds is 6. The first kappa shape index (κ1) is 21.3. The van der Waals surface area contributed by atoms with Crippen molar-refractivity contribution in [2.75, 3.05) is 46.4 Å². The number of esters is 1. The predicted octanol–water partition coefficient (Wildman–Crippen LogP) is 3.07. The summed E-state index contributed by atoms with van der Waals surface area (Å²) in [4.78, 5) is 29.5. The molecule has 1 saturated heterocycles. The standard InChI is InChI=1S/C23H36N2O3/c1-16-6-7-19(14-21-18(3)22(26)15-20(16)21)17(2)23(27)28-13-5-8-25-11-9-24(4)10-12-25/h16,19-20H,2,5-15H2,1,3-4H3/t16-,19?,20-/m1/s1. The van der Waals surface area contributed by atoms with Gasteiger partial charge in [-0.15, -0.1) is 0 Å². The van der Waals surface area contributed by atoms with Gasteiger partial charge in [-0.1, -0.05) is 19.1 Å². The third-order valence-electron chi connectivity index (χ3n) is 7.08. The maximum atomic E-state index is 12.5. The maximum Gasteiger partial charge on any atom is 0.333 e. The predicted molar refractivity (Wildman–Crippen MR) is 111 cm³/mol. The van der Waals surface area contributed by atoms with E-state index in [1.807, 2.05) is 6.92 Å². The van der Waals surface area contributed by atoms with Gasteiger partial charge in [-0.25, -0.2) is 4.79 Å². The van der Waals surface area contributed by atoms with Crippen molar-refractivity contribution in [2.45, 2.75) is 46.0 Å². The minimum absolute atomic E-state index is 0.105. The van der Waals surface area contributed by atoms with Crippen LogP contribution in [0.1, 0.15) is 46.0 Å². The van der Waals surface area contributed by atoms with Gasteiger partial charge in [0.05, 0.1) is 6.61 Å². The lowest BCUT2D eigenvalue weighted by atomic mass is 9.86. The van der Waals surface area contributed by atoms with E-state index in [0.29, 0.717) is 30.4 Å². The zero-order chi connectivity index (χ0) is 20.3. The van der Waals surface area contributed by atoms with E-state index < -0.39 is 0 Å². The third-order valence-corrected chi connectivity index (χ3v) is 7.08. The highest BCUT2D eigenvalue weighted by molar-refractivity contribution is 5.98. The van der Waals surface area contributed by atoms with Crippen LogP contribution < -0.4 is 0 Å². The molecular weight excluding hydrogens is 352 g/mol. The number of Topliss-reactive ketones (excluding diaryl/α,β-unsaturated/α-hetero) is 1. The zero-order valence-electron chi connectivity index (χ0n) is 17.8. The van der Waals surface area contributed by atoms with Crippen LogP contribution >= 0.6 is 0 Å². The molecule has 0 amide bonds. The smallest absolute Gasteiger partial charge is 0.333 e. The Morgan fingerprint density at radius 1 is 1.18 bits per heavy atom. The number of carbonyl (C=O) groups is 2. The van der Waals surface area contributed by atoms with Crippen molar-refractivity contribution < 1.29 is 14.3 Å². The molecule has 1 heterocycles. The van der Waals surface area contributed by atoms with Crippen molar-refractivity contribution >= 4 is 11.8 Å². The summed E-state index contributed by atoms with van der Waals surface area (Å²) in [6.07, 6.45) is 4.30. The van der Waals surface area contributed by atoms with Gasteiger partial charge >= 0.3 is 5.97 Å². The van der Waals surface area contributed by atoms with Gasteiger partial charge in [0.25, 0.3) is 0 Å². The molecule has 28 heavy (non-hydrogen) atoms. The lowest BCUT2D eigenvalue weighted by Crippen LogP contribution is -2.44. The molecule has 156 valence electrons. The van der Waals surface area contributed by atoms with Gasteiger partial charge in [0.2, 0.25) is 0 Å². The quantitative estimate of drug-likeness (QED) is 0.398. The summed E-state index contributed by atoms with van der Waals surface area (Å²) < 4.78 is 5.54. The summed E-state index contributed by atoms with van der Waals surface area (Å²) in [5, 5.41) is 0. The van der Waals surface area contributed by atoms with E-state index >= 15 is 0 Å². The van der Waals surface area contributed by atoms with E-state index in [4.69, 9.17) is 4.74 Å². The number of nitrogens with zero attached hydrogens (tertiary/aromatic N) is 2. The molecule has 3 rings (SSSR count). The van der Waals surface area contributed by atoms with Crippen molar-refractivity contribution in [3.63, 3.8) is 0 Å². The van der Waals surface area contributed by atoms with Crippen molar-refractivity contribution in [1.29, 1.82) is 0 Å². The summed E-state index contributed by atoms with van der Waals surface area (Å²) >= 11 is 0. The molecule has 2 aliphatic carbocycles. The fourth-order valence-electron chi connectivity index (χ4n) is 4.90. The summed E-state index contributed by atoms with van der Waals surface area (Å²) in [6.45, 7) is 14.1. The van der Waals surface area contributed by atoms with Crippen LogP contribution in [0.3, 0.4) is 0 Å². The Hall–Kier alpha value is -1.46. The first-order chi connectivity index (χ1) is 13.4. The first-order valence-corrected chi connectivity index (χ1v) is 10.9. The molecule has 5 nitrogen and oxygen atoms in total. The highest BCUT2D eigenvalue weighted by Gasteiger charge is 2.38. The normalized spacial score (nSPS) is 29.5. The summed E-state index contributed by atoms with van der Waals surface area (Å²) in [5.74, 6) is 0.994. The molecule has 1 aliphatic heterocycles. The van der Waals surface area contributed by atoms with Gasteiger partial charge < -0.3 is 14.5 Å². The Morgan fingerprint density at radius 3 is 2.61 bits per heavy atom. The van der Waals surface area contributed by atoms with E-state index in [0.717, 1.165) is 64.0 Å². The Labute approximate surface area is 169 Å². The second-order valence-electron chi connectivity index (χ2n) is 9.00. The largest absolute Gasteiger partial charge is 0.462 e. The lowest BCUT2D eigenvalue weighted by molar-refractivity contribution is -0.139. The molecule has 0 aromatic carbocycles. The maximum absolute atomic E-state index is 12.5. The number of carbonyl (C=O) groups excluding carboxylic acids is 2. The number of hydrogen-bond donors (Lipinski definition) is 0. The number of allylic oxidation sites excluding steroid dienone is 2. The molecule has 5 heteroatoms. The molecule has 3 aliphatic rings. The van der Waals surface area contributed by atoms with Crippen molar-refractivity contribution in [3.05, 3.63) is 23.3 Å². The fourth-order valence-corrected chi connectivity index (χ4v) is 4.90. The minimum atomic E-state index is -0.253. The second kappa shape index (κ2) is 9.36. The lowest BCUT2D eigenvalue weighted by Gasteiger charge is -2.32. The number of hydrogen-bond acceptors (Lipinski definition) is 5. The molecule has 1 saturated carbocycles. The molecule has 1 unspecified atom stereocenters. The minimum Gasteiger partial charge on any atom is -0.462 e. The third kappa shape index (κ3) is 4.93. The average molecular weight is 389 g/mol. The van der Waals surface area contributed by atoms with Crippen LogP contribution in [-0.2, 0) is 14.3 Å². The van der Waals surface area contributed by atoms with E-state index in [9.17, 15) is 9.59 Å². The zero-order valence-corrected chi connectivity index (χ0v) is 17.8. The van der Waals surface area contributed by atoms with Gasteiger partial charge in [-0.3, -0.25) is 4.79 Å². The van der Waals surface area contributed by atoms with E-state index in [2.05, 4.69) is 30.4 Å². The highest BCUT2D eigenvalue weighted by Crippen LogP contribution is 2.45. The second-order valence-corrected chi connectivity index (χ2v) is 9.00. The number of ether oxygens (including phenoxy) is 1. The molecule has 0 N–H and O–H groups in total. The fraction of sp³-hybridized carbons (Fsp3) is 0.739. The van der Waals surface area contributed by atoms with E-state index in [-0.39, 0.29) is 17.7 Å². The van der Waals surface area contributed by atoms with Gasteiger partial charge in [0, 0.05) is 44.7 Å². The topological polar surface area (TPSA) is 49.9 Å². The van der Waals surface area contributed by atoms with Gasteiger partial charge in [0.1, 0.15) is 0 Å². The molecule has 0 spiro atoms. The molecule has 0 aromatic rings. The molecule has 0 bridgehead atoms. The SMILES string of the molecule is C=C(C(=O)OCCCN1CCN(C)CC1)C1CC[C@@H](C)[C@H]2CC(=O)C(C)=C2C1. The molecule has 0 radical (unpaired) electrons. The summed E-state index contributed by atoms with van der Waals surface area (Å²) in [6, 6.07) is 0. The highest BCUT2D eigenvalue weighted by atomic mass is 16.5. The van der Waals surface area contributed by atoms with Crippen LogP contribution in [0.2, 0.25) is 0 Å². The Kier molecular flexibility index (Phi) is 7.10. The van der Waals surface area contributed by atoms with Crippen molar-refractivity contribution in [2.24, 2.45) is 17.8 Å². The van der Waals surface area contributed by atoms with Crippen LogP contribution in [0.4, 0.5) is 0 Å². The number of piperazine rings is 1. The Balaban J connectivity index is 1.46. The van der Waals surface area contributed by atoms with Crippen molar-refractivity contribution in [3.8, 4) is 0 Å². The monoisotopic (exact) mass is 388 g/mol. The van der Waals surface area contributed by atoms with Crippen LogP contribution in [0.15, 0.2) is 23.3 Å². The van der Waals surface area contributed by atoms with Gasteiger partial charge in [0.15, 0.2) is 5.78 Å². The Bertz CT molecular complexity index is 646. The number of ketones is 1. The van der Waals surface area contributed by atoms with E-state index in [1.54, 1.807) is 0 Å². The van der Waals surface area contributed by atoms with Gasteiger partial charge in [-0.2, -0.15) is 0 Å². The molecule has 3 atom stereocenters. The first-order valence-electron chi connectivity index (χ1n) is 10.9. The van der Waals surface area contributed by atoms with Gasteiger partial charge in [-0.05, 0) is 63.0 Å². The molecule has 2 fully saturated rings. The Morgan fingerprint density at radius 2 is 1.89 bits per heavy atom. The van der Waals surface area contributed by atoms with E-state index in [1.165, 1.54) is 5.57 Å². The van der Waals surface area contributed by atoms with Crippen molar-refractivity contribution in [1.82, 2.24) is 9.80 Å². The number of fused-ring (bicyclic) bond motifs is 1. The summed E-state index contributed by atoms with van der Waals surface area (Å²) in [7, 11) is 2.15. The van der Waals surface area contributed by atoms with Crippen LogP contribution in [-0.4, -0.2) is 67.9 Å². The number of likely N-dealkylation sites (N-methyl/N-ethyl adjacent to an activating group) is 1. The summed E-state index contributed by atoms with van der Waals surface area (Å²) in [5.41, 5.74) is 2.79. The molecular formula is C23H36N2O3. The van der Waals surface area contributed by atoms with Crippen LogP contribution in [0.5, 0.6) is 0 Å². The molecule has 0 aromatic heterocycles.